The fourth-order valence-corrected chi connectivity index (χ4v) is 5.12. The van der Waals surface area contributed by atoms with Crippen molar-refractivity contribution < 1.29 is 19.2 Å². The van der Waals surface area contributed by atoms with E-state index in [0.29, 0.717) is 25.3 Å². The van der Waals surface area contributed by atoms with Gasteiger partial charge >= 0.3 is 0 Å². The van der Waals surface area contributed by atoms with Crippen molar-refractivity contribution in [1.82, 2.24) is 29.4 Å². The average Bonchev–Trinajstić information content (AvgIpc) is 3.68. The first-order chi connectivity index (χ1) is 19.9. The molecule has 4 aromatic rings. The third kappa shape index (κ3) is 5.88. The van der Waals surface area contributed by atoms with E-state index in [4.69, 9.17) is 9.26 Å². The van der Waals surface area contributed by atoms with E-state index in [0.717, 1.165) is 30.8 Å². The Bertz CT molecular complexity index is 1620. The molecule has 0 unspecified atom stereocenters. The number of benzene rings is 1. The number of carbonyl (C=O) groups is 1. The predicted molar refractivity (Wildman–Crippen MR) is 146 cm³/mol. The van der Waals surface area contributed by atoms with Crippen LogP contribution in [0.5, 0.6) is 5.75 Å². The summed E-state index contributed by atoms with van der Waals surface area (Å²) in [5, 5.41) is 31.1. The molecule has 13 nitrogen and oxygen atoms in total. The lowest BCUT2D eigenvalue weighted by molar-refractivity contribution is 0.0359. The Labute approximate surface area is 235 Å². The topological polar surface area (TPSA) is 164 Å². The minimum absolute atomic E-state index is 0.247. The van der Waals surface area contributed by atoms with Crippen LogP contribution in [0.4, 0.5) is 5.69 Å². The van der Waals surface area contributed by atoms with Crippen LogP contribution in [0.1, 0.15) is 51.8 Å². The number of nitrogens with one attached hydrogen (secondary N) is 1. The fraction of sp³-hybridized carbons (Fsp3) is 0.357. The molecule has 1 aromatic carbocycles. The van der Waals surface area contributed by atoms with Gasteiger partial charge in [-0.25, -0.2) is 4.98 Å². The molecule has 4 heterocycles. The second kappa shape index (κ2) is 12.2. The number of amides is 1. The van der Waals surface area contributed by atoms with Crippen LogP contribution in [0.15, 0.2) is 58.4 Å². The lowest BCUT2D eigenvalue weighted by Crippen LogP contribution is -2.38. The summed E-state index contributed by atoms with van der Waals surface area (Å²) in [6, 6.07) is 9.50. The molecule has 1 saturated heterocycles. The van der Waals surface area contributed by atoms with Gasteiger partial charge in [-0.05, 0) is 17.2 Å². The second-order valence-corrected chi connectivity index (χ2v) is 9.85. The van der Waals surface area contributed by atoms with Gasteiger partial charge in [-0.2, -0.15) is 10.4 Å². The first-order valence-electron chi connectivity index (χ1n) is 13.2. The lowest BCUT2D eigenvalue weighted by atomic mass is 9.80. The predicted octanol–water partition coefficient (Wildman–Crippen LogP) is 2.06. The summed E-state index contributed by atoms with van der Waals surface area (Å²) in [6.45, 7) is 6.53. The van der Waals surface area contributed by atoms with Crippen LogP contribution in [-0.4, -0.2) is 73.2 Å². The monoisotopic (exact) mass is 558 g/mol. The quantitative estimate of drug-likeness (QED) is 0.311. The molecule has 0 aliphatic carbocycles. The maximum Gasteiger partial charge on any atom is 0.296 e. The van der Waals surface area contributed by atoms with Crippen molar-refractivity contribution in [2.24, 2.45) is 7.05 Å². The molecule has 212 valence electrons. The molecule has 41 heavy (non-hydrogen) atoms. The maximum absolute atomic E-state index is 13.1. The lowest BCUT2D eigenvalue weighted by Gasteiger charge is -2.26. The van der Waals surface area contributed by atoms with Crippen LogP contribution in [0, 0.1) is 11.3 Å². The van der Waals surface area contributed by atoms with Gasteiger partial charge in [0, 0.05) is 44.7 Å². The number of aromatic nitrogens is 5. The molecule has 1 aliphatic rings. The zero-order valence-corrected chi connectivity index (χ0v) is 22.7. The molecule has 5 rings (SSSR count). The highest BCUT2D eigenvalue weighted by Crippen LogP contribution is 2.39. The van der Waals surface area contributed by atoms with Gasteiger partial charge in [-0.3, -0.25) is 23.7 Å². The molecule has 3 aromatic heterocycles. The van der Waals surface area contributed by atoms with E-state index in [1.807, 2.05) is 29.9 Å². The average molecular weight is 559 g/mol. The molecular formula is C28H30N8O5. The van der Waals surface area contributed by atoms with E-state index in [-0.39, 0.29) is 11.5 Å². The highest BCUT2D eigenvalue weighted by Gasteiger charge is 2.31. The number of nitrogens with zero attached hydrogens (tertiary/aromatic N) is 7. The zero-order valence-electron chi connectivity index (χ0n) is 22.7. The number of carbonyl (C=O) groups excluding carboxylic acids is 1. The molecule has 1 amide bonds. The van der Waals surface area contributed by atoms with Crippen LogP contribution < -0.4 is 10.9 Å². The summed E-state index contributed by atoms with van der Waals surface area (Å²) in [7, 11) is 1.49. The Morgan fingerprint density at radius 2 is 2.00 bits per heavy atom. The van der Waals surface area contributed by atoms with E-state index in [1.165, 1.54) is 24.1 Å². The minimum atomic E-state index is -0.790. The standard InChI is InChI=1S/C28H30N8O5/c1-18(26-33-24(25(37)28(39)34(26)2)27(38)32-21-15-31-41-17-21)23(22-6-4-3-5-19(22)13-29)20-14-30-36(16-20)8-7-35-9-11-40-12-10-35/h3-6,14-18,23,37H,7-12H2,1-2H3,(H,32,38)/t18-,23-/m1/s1. The van der Waals surface area contributed by atoms with Crippen molar-refractivity contribution in [2.75, 3.05) is 38.2 Å². The number of morpholine rings is 1. The number of anilines is 1. The highest BCUT2D eigenvalue weighted by atomic mass is 16.5. The van der Waals surface area contributed by atoms with Gasteiger partial charge in [0.25, 0.3) is 11.5 Å². The number of rotatable bonds is 9. The van der Waals surface area contributed by atoms with Crippen molar-refractivity contribution in [2.45, 2.75) is 25.3 Å². The molecule has 0 saturated carbocycles. The second-order valence-electron chi connectivity index (χ2n) is 9.85. The summed E-state index contributed by atoms with van der Waals surface area (Å²) in [5.74, 6) is -2.27. The number of aromatic hydroxyl groups is 1. The van der Waals surface area contributed by atoms with E-state index >= 15 is 0 Å². The summed E-state index contributed by atoms with van der Waals surface area (Å²) >= 11 is 0. The molecule has 2 atom stereocenters. The Morgan fingerprint density at radius 3 is 2.73 bits per heavy atom. The molecular weight excluding hydrogens is 528 g/mol. The van der Waals surface area contributed by atoms with Crippen molar-refractivity contribution in [3.63, 3.8) is 0 Å². The molecule has 0 spiro atoms. The van der Waals surface area contributed by atoms with Crippen LogP contribution >= 0.6 is 0 Å². The normalized spacial score (nSPS) is 15.2. The molecule has 1 aliphatic heterocycles. The summed E-state index contributed by atoms with van der Waals surface area (Å²) in [6.07, 6.45) is 6.19. The molecule has 1 fully saturated rings. The van der Waals surface area contributed by atoms with Crippen molar-refractivity contribution in [3.8, 4) is 11.8 Å². The van der Waals surface area contributed by atoms with Crippen LogP contribution in [0.25, 0.3) is 0 Å². The van der Waals surface area contributed by atoms with E-state index < -0.39 is 34.7 Å². The third-order valence-corrected chi connectivity index (χ3v) is 7.29. The Morgan fingerprint density at radius 1 is 1.22 bits per heavy atom. The van der Waals surface area contributed by atoms with Gasteiger partial charge in [0.05, 0.1) is 43.8 Å². The zero-order chi connectivity index (χ0) is 28.9. The Hall–Kier alpha value is -4.80. The van der Waals surface area contributed by atoms with Crippen molar-refractivity contribution in [3.05, 3.63) is 87.7 Å². The van der Waals surface area contributed by atoms with E-state index in [1.54, 1.807) is 18.3 Å². The molecule has 2 N–H and O–H groups in total. The summed E-state index contributed by atoms with van der Waals surface area (Å²) < 4.78 is 13.3. The smallest absolute Gasteiger partial charge is 0.296 e. The molecule has 13 heteroatoms. The number of nitriles is 1. The molecule has 0 bridgehead atoms. The first-order valence-corrected chi connectivity index (χ1v) is 13.2. The van der Waals surface area contributed by atoms with Gasteiger partial charge in [0.1, 0.15) is 17.8 Å². The van der Waals surface area contributed by atoms with Crippen LogP contribution in [0.3, 0.4) is 0 Å². The van der Waals surface area contributed by atoms with E-state index in [2.05, 4.69) is 31.5 Å². The first kappa shape index (κ1) is 27.8. The molecule has 0 radical (unpaired) electrons. The number of ether oxygens (including phenoxy) is 1. The summed E-state index contributed by atoms with van der Waals surface area (Å²) in [5.41, 5.74) is 1.07. The SMILES string of the molecule is C[C@@H](c1nc(C(=O)Nc2cnoc2)c(O)c(=O)n1C)[C@H](c1cnn(CCN2CCOCC2)c1)c1ccccc1C#N. The van der Waals surface area contributed by atoms with E-state index in [9.17, 15) is 20.0 Å². The van der Waals surface area contributed by atoms with Gasteiger partial charge < -0.3 is 19.7 Å². The van der Waals surface area contributed by atoms with Crippen molar-refractivity contribution >= 4 is 11.6 Å². The van der Waals surface area contributed by atoms with Gasteiger partial charge in [0.2, 0.25) is 5.75 Å². The maximum atomic E-state index is 13.1. The summed E-state index contributed by atoms with van der Waals surface area (Å²) in [4.78, 5) is 32.8. The third-order valence-electron chi connectivity index (χ3n) is 7.29. The largest absolute Gasteiger partial charge is 0.501 e. The van der Waals surface area contributed by atoms with Gasteiger partial charge in [0.15, 0.2) is 5.69 Å². The fourth-order valence-electron chi connectivity index (χ4n) is 5.12. The van der Waals surface area contributed by atoms with Gasteiger partial charge in [-0.1, -0.05) is 30.3 Å². The van der Waals surface area contributed by atoms with Crippen molar-refractivity contribution in [1.29, 1.82) is 5.26 Å². The van der Waals surface area contributed by atoms with Crippen LogP contribution in [0.2, 0.25) is 0 Å². The Kier molecular flexibility index (Phi) is 8.23. The number of hydrogen-bond donors (Lipinski definition) is 2. The van der Waals surface area contributed by atoms with Crippen LogP contribution in [-0.2, 0) is 18.3 Å². The highest BCUT2D eigenvalue weighted by molar-refractivity contribution is 6.04. The van der Waals surface area contributed by atoms with Gasteiger partial charge in [-0.15, -0.1) is 0 Å². The Balaban J connectivity index is 1.52. The number of hydrogen-bond acceptors (Lipinski definition) is 10. The minimum Gasteiger partial charge on any atom is -0.501 e.